The van der Waals surface area contributed by atoms with Crippen LogP contribution < -0.4 is 10.1 Å². The van der Waals surface area contributed by atoms with Crippen LogP contribution in [0.4, 0.5) is 5.69 Å². The van der Waals surface area contributed by atoms with Crippen LogP contribution in [0.3, 0.4) is 0 Å². The van der Waals surface area contributed by atoms with E-state index in [0.29, 0.717) is 36.0 Å². The van der Waals surface area contributed by atoms with E-state index in [1.165, 1.54) is 0 Å². The third-order valence-electron chi connectivity index (χ3n) is 3.41. The van der Waals surface area contributed by atoms with Crippen molar-refractivity contribution in [3.05, 3.63) is 66.6 Å². The Morgan fingerprint density at radius 3 is 2.88 bits per heavy atom. The van der Waals surface area contributed by atoms with Crippen LogP contribution in [0, 0.1) is 0 Å². The van der Waals surface area contributed by atoms with E-state index < -0.39 is 0 Å². The number of pyridine rings is 1. The fraction of sp³-hybridized carbons (Fsp3) is 0.167. The third kappa shape index (κ3) is 4.21. The quantitative estimate of drug-likeness (QED) is 0.670. The van der Waals surface area contributed by atoms with E-state index in [1.807, 2.05) is 0 Å². The van der Waals surface area contributed by atoms with Crippen molar-refractivity contribution in [2.24, 2.45) is 0 Å². The highest BCUT2D eigenvalue weighted by Gasteiger charge is 2.12. The molecule has 7 nitrogen and oxygen atoms in total. The van der Waals surface area contributed by atoms with Crippen molar-refractivity contribution in [1.29, 1.82) is 0 Å². The molecule has 0 aliphatic heterocycles. The number of aromatic nitrogens is 3. The molecule has 2 aromatic heterocycles. The van der Waals surface area contributed by atoms with E-state index in [2.05, 4.69) is 15.4 Å². The zero-order valence-electron chi connectivity index (χ0n) is 13.8. The average Bonchev–Trinajstić information content (AvgIpc) is 3.17. The molecule has 0 aliphatic rings. The number of benzene rings is 1. The Kier molecular flexibility index (Phi) is 5.38. The molecule has 3 aromatic rings. The standard InChI is InChI=1S/C18H18N4O3/c1-24-11-12-25-15-6-2-5-14(13-15)18(23)21-16-7-3-8-19-17(16)22-10-4-9-20-22/h2-10,13H,11-12H2,1H3,(H,21,23). The predicted octanol–water partition coefficient (Wildman–Crippen LogP) is 2.54. The minimum absolute atomic E-state index is 0.251. The summed E-state index contributed by atoms with van der Waals surface area (Å²) in [5.41, 5.74) is 1.06. The van der Waals surface area contributed by atoms with Crippen molar-refractivity contribution in [2.45, 2.75) is 0 Å². The maximum atomic E-state index is 12.6. The first-order valence-corrected chi connectivity index (χ1v) is 7.76. The van der Waals surface area contributed by atoms with Gasteiger partial charge in [-0.2, -0.15) is 5.10 Å². The van der Waals surface area contributed by atoms with Crippen LogP contribution in [0.5, 0.6) is 5.75 Å². The lowest BCUT2D eigenvalue weighted by Crippen LogP contribution is -2.15. The molecule has 2 heterocycles. The summed E-state index contributed by atoms with van der Waals surface area (Å²) in [5, 5.41) is 7.02. The van der Waals surface area contributed by atoms with E-state index >= 15 is 0 Å². The zero-order chi connectivity index (χ0) is 17.5. The van der Waals surface area contributed by atoms with Gasteiger partial charge in [-0.05, 0) is 36.4 Å². The number of ether oxygens (including phenoxy) is 2. The van der Waals surface area contributed by atoms with E-state index in [-0.39, 0.29) is 5.91 Å². The minimum atomic E-state index is -0.251. The summed E-state index contributed by atoms with van der Waals surface area (Å²) in [6.45, 7) is 0.910. The average molecular weight is 338 g/mol. The van der Waals surface area contributed by atoms with Gasteiger partial charge in [-0.15, -0.1) is 0 Å². The first-order chi connectivity index (χ1) is 12.3. The second-order valence-electron chi connectivity index (χ2n) is 5.15. The monoisotopic (exact) mass is 338 g/mol. The lowest BCUT2D eigenvalue weighted by molar-refractivity contribution is 0.102. The largest absolute Gasteiger partial charge is 0.491 e. The van der Waals surface area contributed by atoms with E-state index in [1.54, 1.807) is 72.8 Å². The fourth-order valence-corrected chi connectivity index (χ4v) is 2.24. The molecule has 0 fully saturated rings. The van der Waals surface area contributed by atoms with Gasteiger partial charge in [-0.1, -0.05) is 6.07 Å². The molecule has 0 spiro atoms. The molecule has 0 atom stereocenters. The lowest BCUT2D eigenvalue weighted by Gasteiger charge is -2.11. The van der Waals surface area contributed by atoms with Crippen LogP contribution in [0.1, 0.15) is 10.4 Å². The Labute approximate surface area is 145 Å². The van der Waals surface area contributed by atoms with Gasteiger partial charge in [0, 0.05) is 31.3 Å². The number of nitrogens with one attached hydrogen (secondary N) is 1. The normalized spacial score (nSPS) is 10.4. The second kappa shape index (κ2) is 8.07. The van der Waals surface area contributed by atoms with Crippen molar-refractivity contribution >= 4 is 11.6 Å². The van der Waals surface area contributed by atoms with E-state index in [4.69, 9.17) is 9.47 Å². The van der Waals surface area contributed by atoms with Crippen LogP contribution in [0.15, 0.2) is 61.1 Å². The Bertz CT molecular complexity index is 834. The highest BCUT2D eigenvalue weighted by Crippen LogP contribution is 2.19. The molecule has 0 unspecified atom stereocenters. The summed E-state index contributed by atoms with van der Waals surface area (Å²) >= 11 is 0. The van der Waals surface area contributed by atoms with Crippen LogP contribution in [-0.4, -0.2) is 41.0 Å². The fourth-order valence-electron chi connectivity index (χ4n) is 2.24. The van der Waals surface area contributed by atoms with Crippen molar-refractivity contribution in [1.82, 2.24) is 14.8 Å². The Morgan fingerprint density at radius 2 is 2.08 bits per heavy atom. The van der Waals surface area contributed by atoms with Crippen LogP contribution >= 0.6 is 0 Å². The Balaban J connectivity index is 1.76. The smallest absolute Gasteiger partial charge is 0.255 e. The summed E-state index contributed by atoms with van der Waals surface area (Å²) in [6, 6.07) is 12.3. The van der Waals surface area contributed by atoms with Crippen molar-refractivity contribution in [3.8, 4) is 11.6 Å². The second-order valence-corrected chi connectivity index (χ2v) is 5.15. The summed E-state index contributed by atoms with van der Waals surface area (Å²) in [4.78, 5) is 16.9. The van der Waals surface area contributed by atoms with Crippen molar-refractivity contribution in [2.75, 3.05) is 25.6 Å². The summed E-state index contributed by atoms with van der Waals surface area (Å²) in [7, 11) is 1.61. The van der Waals surface area contributed by atoms with Gasteiger partial charge in [0.15, 0.2) is 5.82 Å². The number of amides is 1. The summed E-state index contributed by atoms with van der Waals surface area (Å²) in [6.07, 6.45) is 5.07. The Hall–Kier alpha value is -3.19. The molecule has 1 aromatic carbocycles. The number of rotatable bonds is 7. The number of carbonyl (C=O) groups excluding carboxylic acids is 1. The molecule has 128 valence electrons. The molecular weight excluding hydrogens is 320 g/mol. The van der Waals surface area contributed by atoms with Crippen molar-refractivity contribution < 1.29 is 14.3 Å². The van der Waals surface area contributed by atoms with Crippen LogP contribution in [0.2, 0.25) is 0 Å². The van der Waals surface area contributed by atoms with Gasteiger partial charge < -0.3 is 14.8 Å². The molecule has 0 saturated heterocycles. The maximum absolute atomic E-state index is 12.6. The molecule has 1 N–H and O–H groups in total. The maximum Gasteiger partial charge on any atom is 0.255 e. The molecule has 0 bridgehead atoms. The number of carbonyl (C=O) groups is 1. The SMILES string of the molecule is COCCOc1cccc(C(=O)Nc2cccnc2-n2cccn2)c1. The van der Waals surface area contributed by atoms with Crippen LogP contribution in [0.25, 0.3) is 5.82 Å². The van der Waals surface area contributed by atoms with Crippen molar-refractivity contribution in [3.63, 3.8) is 0 Å². The molecule has 0 aliphatic carbocycles. The number of hydrogen-bond acceptors (Lipinski definition) is 5. The van der Waals surface area contributed by atoms with Gasteiger partial charge >= 0.3 is 0 Å². The molecular formula is C18H18N4O3. The lowest BCUT2D eigenvalue weighted by atomic mass is 10.2. The molecule has 7 heteroatoms. The van der Waals surface area contributed by atoms with Gasteiger partial charge in [0.1, 0.15) is 12.4 Å². The molecule has 0 radical (unpaired) electrons. The summed E-state index contributed by atoms with van der Waals surface area (Å²) < 4.78 is 12.1. The number of hydrogen-bond donors (Lipinski definition) is 1. The first-order valence-electron chi connectivity index (χ1n) is 7.76. The molecule has 0 saturated carbocycles. The van der Waals surface area contributed by atoms with E-state index in [0.717, 1.165) is 0 Å². The third-order valence-corrected chi connectivity index (χ3v) is 3.41. The van der Waals surface area contributed by atoms with Crippen LogP contribution in [-0.2, 0) is 4.74 Å². The van der Waals surface area contributed by atoms with Gasteiger partial charge in [-0.3, -0.25) is 4.79 Å². The highest BCUT2D eigenvalue weighted by molar-refractivity contribution is 6.05. The summed E-state index contributed by atoms with van der Waals surface area (Å²) in [5.74, 6) is 0.912. The molecule has 1 amide bonds. The molecule has 25 heavy (non-hydrogen) atoms. The van der Waals surface area contributed by atoms with Gasteiger partial charge in [0.25, 0.3) is 5.91 Å². The minimum Gasteiger partial charge on any atom is -0.491 e. The molecule has 3 rings (SSSR count). The number of methoxy groups -OCH3 is 1. The van der Waals surface area contributed by atoms with Gasteiger partial charge in [-0.25, -0.2) is 9.67 Å². The topological polar surface area (TPSA) is 78.3 Å². The Morgan fingerprint density at radius 1 is 1.16 bits per heavy atom. The van der Waals surface area contributed by atoms with Gasteiger partial charge in [0.05, 0.1) is 12.3 Å². The highest BCUT2D eigenvalue weighted by atomic mass is 16.5. The van der Waals surface area contributed by atoms with Gasteiger partial charge in [0.2, 0.25) is 0 Å². The zero-order valence-corrected chi connectivity index (χ0v) is 13.8. The predicted molar refractivity (Wildman–Crippen MR) is 93.1 cm³/mol. The van der Waals surface area contributed by atoms with E-state index in [9.17, 15) is 4.79 Å². The number of anilines is 1. The number of nitrogens with zero attached hydrogens (tertiary/aromatic N) is 3. The first kappa shape index (κ1) is 16.7.